The van der Waals surface area contributed by atoms with Crippen LogP contribution in [0.5, 0.6) is 0 Å². The van der Waals surface area contributed by atoms with Gasteiger partial charge in [-0.2, -0.15) is 0 Å². The molecule has 0 aliphatic carbocycles. The lowest BCUT2D eigenvalue weighted by atomic mass is 9.98. The van der Waals surface area contributed by atoms with E-state index in [9.17, 15) is 14.5 Å². The third-order valence-corrected chi connectivity index (χ3v) is 2.91. The molecule has 0 unspecified atom stereocenters. The van der Waals surface area contributed by atoms with Crippen LogP contribution in [0.25, 0.3) is 0 Å². The fourth-order valence-electron chi connectivity index (χ4n) is 1.97. The minimum Gasteiger partial charge on any atom is -0.411 e. The van der Waals surface area contributed by atoms with Gasteiger partial charge in [0.2, 0.25) is 0 Å². The van der Waals surface area contributed by atoms with Crippen LogP contribution in [0, 0.1) is 15.9 Å². The summed E-state index contributed by atoms with van der Waals surface area (Å²) in [6.45, 7) is 0. The van der Waals surface area contributed by atoms with Gasteiger partial charge < -0.3 is 5.21 Å². The van der Waals surface area contributed by atoms with Crippen molar-refractivity contribution in [3.05, 3.63) is 75.1 Å². The Morgan fingerprint density at radius 2 is 2.00 bits per heavy atom. The third-order valence-electron chi connectivity index (χ3n) is 2.91. The van der Waals surface area contributed by atoms with Crippen LogP contribution in [0.15, 0.2) is 47.6 Å². The van der Waals surface area contributed by atoms with E-state index in [-0.39, 0.29) is 12.1 Å². The van der Waals surface area contributed by atoms with E-state index in [4.69, 9.17) is 5.21 Å². The molecule has 0 aromatic heterocycles. The van der Waals surface area contributed by atoms with Crippen molar-refractivity contribution in [2.24, 2.45) is 5.16 Å². The summed E-state index contributed by atoms with van der Waals surface area (Å²) in [5.74, 6) is -0.433. The van der Waals surface area contributed by atoms with E-state index in [1.165, 1.54) is 18.2 Å². The fraction of sp³-hybridized carbons (Fsp3) is 0.0714. The first kappa shape index (κ1) is 13.7. The average molecular weight is 274 g/mol. The molecule has 1 N–H and O–H groups in total. The Balaban J connectivity index is 2.53. The highest BCUT2D eigenvalue weighted by molar-refractivity contribution is 5.83. The van der Waals surface area contributed by atoms with Crippen LogP contribution < -0.4 is 0 Å². The second-order valence-electron chi connectivity index (χ2n) is 4.11. The number of nitro groups is 1. The average Bonchev–Trinajstić information content (AvgIpc) is 2.43. The van der Waals surface area contributed by atoms with Crippen LogP contribution in [0.3, 0.4) is 0 Å². The van der Waals surface area contributed by atoms with Gasteiger partial charge >= 0.3 is 0 Å². The summed E-state index contributed by atoms with van der Waals surface area (Å²) in [6.07, 6.45) is 1.15. The number of hydrogen-bond acceptors (Lipinski definition) is 4. The van der Waals surface area contributed by atoms with Crippen LogP contribution in [-0.4, -0.2) is 16.3 Å². The minimum absolute atomic E-state index is 0.0468. The van der Waals surface area contributed by atoms with Gasteiger partial charge in [0.1, 0.15) is 5.82 Å². The van der Waals surface area contributed by atoms with Crippen molar-refractivity contribution in [2.45, 2.75) is 6.42 Å². The van der Waals surface area contributed by atoms with Gasteiger partial charge in [-0.1, -0.05) is 35.5 Å². The molecule has 0 atom stereocenters. The zero-order valence-corrected chi connectivity index (χ0v) is 10.4. The predicted octanol–water partition coefficient (Wildman–Crippen LogP) is 3.13. The third kappa shape index (κ3) is 2.80. The predicted molar refractivity (Wildman–Crippen MR) is 71.7 cm³/mol. The van der Waals surface area contributed by atoms with E-state index in [0.29, 0.717) is 16.7 Å². The largest absolute Gasteiger partial charge is 0.411 e. The number of oxime groups is 1. The molecule has 0 aliphatic heterocycles. The van der Waals surface area contributed by atoms with Gasteiger partial charge in [-0.15, -0.1) is 0 Å². The van der Waals surface area contributed by atoms with Gasteiger partial charge in [-0.05, 0) is 11.6 Å². The van der Waals surface area contributed by atoms with Gasteiger partial charge in [0.25, 0.3) is 5.69 Å². The molecule has 0 spiro atoms. The van der Waals surface area contributed by atoms with Crippen LogP contribution >= 0.6 is 0 Å². The molecule has 5 nitrogen and oxygen atoms in total. The zero-order chi connectivity index (χ0) is 14.5. The van der Waals surface area contributed by atoms with Crippen molar-refractivity contribution >= 4 is 11.9 Å². The quantitative estimate of drug-likeness (QED) is 0.403. The molecule has 2 aromatic rings. The Hall–Kier alpha value is -2.76. The molecule has 0 saturated carbocycles. The first-order valence-electron chi connectivity index (χ1n) is 5.80. The Morgan fingerprint density at radius 1 is 1.25 bits per heavy atom. The molecule has 0 bridgehead atoms. The van der Waals surface area contributed by atoms with Crippen molar-refractivity contribution in [1.29, 1.82) is 0 Å². The monoisotopic (exact) mass is 274 g/mol. The molecule has 20 heavy (non-hydrogen) atoms. The fourth-order valence-corrected chi connectivity index (χ4v) is 1.97. The lowest BCUT2D eigenvalue weighted by molar-refractivity contribution is -0.385. The lowest BCUT2D eigenvalue weighted by Gasteiger charge is -2.07. The van der Waals surface area contributed by atoms with Gasteiger partial charge in [-0.3, -0.25) is 10.1 Å². The maximum Gasteiger partial charge on any atom is 0.273 e. The molecule has 2 rings (SSSR count). The van der Waals surface area contributed by atoms with Crippen LogP contribution in [0.2, 0.25) is 0 Å². The zero-order valence-electron chi connectivity index (χ0n) is 10.4. The van der Waals surface area contributed by atoms with Gasteiger partial charge in [0.05, 0.1) is 11.1 Å². The minimum atomic E-state index is -0.537. The highest BCUT2D eigenvalue weighted by Crippen LogP contribution is 2.25. The summed E-state index contributed by atoms with van der Waals surface area (Å²) in [6, 6.07) is 10.5. The van der Waals surface area contributed by atoms with E-state index in [2.05, 4.69) is 5.16 Å². The van der Waals surface area contributed by atoms with Crippen LogP contribution in [-0.2, 0) is 6.42 Å². The van der Waals surface area contributed by atoms with Gasteiger partial charge in [-0.25, -0.2) is 4.39 Å². The molecule has 0 amide bonds. The maximum absolute atomic E-state index is 13.7. The molecule has 0 aliphatic rings. The van der Waals surface area contributed by atoms with Crippen molar-refractivity contribution in [3.63, 3.8) is 0 Å². The van der Waals surface area contributed by atoms with E-state index >= 15 is 0 Å². The van der Waals surface area contributed by atoms with Crippen molar-refractivity contribution < 1.29 is 14.5 Å². The highest BCUT2D eigenvalue weighted by Gasteiger charge is 2.18. The molecule has 0 fully saturated rings. The Kier molecular flexibility index (Phi) is 4.05. The van der Waals surface area contributed by atoms with E-state index in [1.54, 1.807) is 24.3 Å². The van der Waals surface area contributed by atoms with Crippen LogP contribution in [0.1, 0.15) is 16.7 Å². The summed E-state index contributed by atoms with van der Waals surface area (Å²) < 4.78 is 13.7. The Labute approximate surface area is 114 Å². The van der Waals surface area contributed by atoms with E-state index in [1.807, 2.05) is 0 Å². The number of halogens is 1. The number of nitro benzene ring substituents is 1. The van der Waals surface area contributed by atoms with Gasteiger partial charge in [0, 0.05) is 23.6 Å². The van der Waals surface area contributed by atoms with E-state index in [0.717, 1.165) is 6.21 Å². The first-order valence-corrected chi connectivity index (χ1v) is 5.80. The molecular formula is C14H11FN2O3. The SMILES string of the molecule is O=[N+]([O-])c1cccc(C=NO)c1Cc1ccccc1F. The highest BCUT2D eigenvalue weighted by atomic mass is 19.1. The normalized spacial score (nSPS) is 10.8. The molecule has 102 valence electrons. The summed E-state index contributed by atoms with van der Waals surface area (Å²) in [4.78, 5) is 10.5. The Morgan fingerprint density at radius 3 is 2.65 bits per heavy atom. The number of nitrogens with zero attached hydrogens (tertiary/aromatic N) is 2. The van der Waals surface area contributed by atoms with Crippen LogP contribution in [0.4, 0.5) is 10.1 Å². The van der Waals surface area contributed by atoms with Gasteiger partial charge in [0.15, 0.2) is 0 Å². The Bertz CT molecular complexity index is 671. The second kappa shape index (κ2) is 5.92. The summed E-state index contributed by atoms with van der Waals surface area (Å²) >= 11 is 0. The number of benzene rings is 2. The molecule has 0 radical (unpaired) electrons. The van der Waals surface area contributed by atoms with Crippen molar-refractivity contribution in [2.75, 3.05) is 0 Å². The summed E-state index contributed by atoms with van der Waals surface area (Å²) in [7, 11) is 0. The van der Waals surface area contributed by atoms with E-state index < -0.39 is 10.7 Å². The number of hydrogen-bond donors (Lipinski definition) is 1. The first-order chi connectivity index (χ1) is 9.63. The smallest absolute Gasteiger partial charge is 0.273 e. The molecule has 0 saturated heterocycles. The molecule has 6 heteroatoms. The van der Waals surface area contributed by atoms with Crippen molar-refractivity contribution in [1.82, 2.24) is 0 Å². The summed E-state index contributed by atoms with van der Waals surface area (Å²) in [5.41, 5.74) is 0.894. The standard InChI is InChI=1S/C14H11FN2O3/c15-13-6-2-1-4-10(13)8-12-11(9-16-18)5-3-7-14(12)17(19)20/h1-7,9,18H,8H2. The number of rotatable bonds is 4. The molecular weight excluding hydrogens is 263 g/mol. The second-order valence-corrected chi connectivity index (χ2v) is 4.11. The van der Waals surface area contributed by atoms with Crippen molar-refractivity contribution in [3.8, 4) is 0 Å². The maximum atomic E-state index is 13.7. The topological polar surface area (TPSA) is 75.7 Å². The molecule has 0 heterocycles. The lowest BCUT2D eigenvalue weighted by Crippen LogP contribution is -2.02. The summed E-state index contributed by atoms with van der Waals surface area (Å²) in [5, 5.41) is 22.6. The molecule has 2 aromatic carbocycles.